The van der Waals surface area contributed by atoms with Crippen LogP contribution >= 0.6 is 0 Å². The third-order valence-corrected chi connectivity index (χ3v) is 3.52. The smallest absolute Gasteiger partial charge is 0.0346 e. The van der Waals surface area contributed by atoms with E-state index in [1.807, 2.05) is 0 Å². The topological polar surface area (TPSA) is 12.0 Å². The molecule has 2 atom stereocenters. The molecular formula is C14H21N. The Kier molecular flexibility index (Phi) is 3.42. The van der Waals surface area contributed by atoms with Gasteiger partial charge in [0.2, 0.25) is 0 Å². The number of hydrogen-bond acceptors (Lipinski definition) is 1. The summed E-state index contributed by atoms with van der Waals surface area (Å²) >= 11 is 0. The van der Waals surface area contributed by atoms with Gasteiger partial charge in [0, 0.05) is 6.04 Å². The SMILES string of the molecule is CCc1ccc(C2NCCCC2C)cc1. The molecule has 1 nitrogen and oxygen atoms in total. The number of hydrogen-bond donors (Lipinski definition) is 1. The van der Waals surface area contributed by atoms with E-state index in [1.165, 1.54) is 30.5 Å². The highest BCUT2D eigenvalue weighted by molar-refractivity contribution is 5.25. The summed E-state index contributed by atoms with van der Waals surface area (Å²) in [6, 6.07) is 9.68. The zero-order valence-electron chi connectivity index (χ0n) is 9.79. The maximum absolute atomic E-state index is 3.62. The van der Waals surface area contributed by atoms with Crippen molar-refractivity contribution in [3.05, 3.63) is 35.4 Å². The highest BCUT2D eigenvalue weighted by Gasteiger charge is 2.21. The maximum Gasteiger partial charge on any atom is 0.0346 e. The molecule has 1 aromatic carbocycles. The molecule has 82 valence electrons. The van der Waals surface area contributed by atoms with E-state index in [4.69, 9.17) is 0 Å². The van der Waals surface area contributed by atoms with Crippen molar-refractivity contribution in [3.8, 4) is 0 Å². The molecule has 1 aromatic rings. The first-order valence-electron chi connectivity index (χ1n) is 6.13. The zero-order valence-corrected chi connectivity index (χ0v) is 9.79. The Hall–Kier alpha value is -0.820. The van der Waals surface area contributed by atoms with Crippen molar-refractivity contribution in [2.45, 2.75) is 39.2 Å². The number of nitrogens with one attached hydrogen (secondary N) is 1. The van der Waals surface area contributed by atoms with Crippen molar-refractivity contribution in [2.75, 3.05) is 6.54 Å². The standard InChI is InChI=1S/C14H21N/c1-3-12-6-8-13(9-7-12)14-11(2)5-4-10-15-14/h6-9,11,14-15H,3-5,10H2,1-2H3. The lowest BCUT2D eigenvalue weighted by molar-refractivity contribution is 0.306. The summed E-state index contributed by atoms with van der Waals surface area (Å²) in [5.74, 6) is 0.770. The predicted octanol–water partition coefficient (Wildman–Crippen LogP) is 3.31. The van der Waals surface area contributed by atoms with Gasteiger partial charge in [-0.05, 0) is 42.9 Å². The van der Waals surface area contributed by atoms with Crippen LogP contribution in [0.2, 0.25) is 0 Å². The first kappa shape index (κ1) is 10.7. The van der Waals surface area contributed by atoms with Crippen molar-refractivity contribution in [2.24, 2.45) is 5.92 Å². The minimum Gasteiger partial charge on any atom is -0.310 e. The van der Waals surface area contributed by atoms with E-state index < -0.39 is 0 Å². The molecule has 0 saturated carbocycles. The molecule has 0 radical (unpaired) electrons. The molecule has 1 aliphatic rings. The maximum atomic E-state index is 3.62. The third-order valence-electron chi connectivity index (χ3n) is 3.52. The van der Waals surface area contributed by atoms with E-state index in [-0.39, 0.29) is 0 Å². The fraction of sp³-hybridized carbons (Fsp3) is 0.571. The molecule has 1 heterocycles. The molecule has 0 bridgehead atoms. The van der Waals surface area contributed by atoms with Gasteiger partial charge in [0.15, 0.2) is 0 Å². The van der Waals surface area contributed by atoms with Crippen LogP contribution < -0.4 is 5.32 Å². The van der Waals surface area contributed by atoms with Crippen molar-refractivity contribution < 1.29 is 0 Å². The molecule has 1 heteroatoms. The second-order valence-electron chi connectivity index (χ2n) is 4.65. The molecule has 1 saturated heterocycles. The molecule has 0 spiro atoms. The Bertz CT molecular complexity index is 302. The molecule has 2 rings (SSSR count). The Morgan fingerprint density at radius 1 is 1.27 bits per heavy atom. The van der Waals surface area contributed by atoms with Gasteiger partial charge in [-0.3, -0.25) is 0 Å². The van der Waals surface area contributed by atoms with Crippen LogP contribution in [-0.2, 0) is 6.42 Å². The Balaban J connectivity index is 2.13. The van der Waals surface area contributed by atoms with Gasteiger partial charge >= 0.3 is 0 Å². The van der Waals surface area contributed by atoms with Gasteiger partial charge in [0.05, 0.1) is 0 Å². The van der Waals surface area contributed by atoms with E-state index in [9.17, 15) is 0 Å². The molecule has 0 aliphatic carbocycles. The van der Waals surface area contributed by atoms with Gasteiger partial charge in [-0.25, -0.2) is 0 Å². The fourth-order valence-electron chi connectivity index (χ4n) is 2.46. The van der Waals surface area contributed by atoms with Crippen molar-refractivity contribution in [1.29, 1.82) is 0 Å². The molecule has 1 N–H and O–H groups in total. The van der Waals surface area contributed by atoms with Crippen molar-refractivity contribution in [3.63, 3.8) is 0 Å². The average Bonchev–Trinajstić information content (AvgIpc) is 2.30. The highest BCUT2D eigenvalue weighted by Crippen LogP contribution is 2.28. The van der Waals surface area contributed by atoms with E-state index >= 15 is 0 Å². The van der Waals surface area contributed by atoms with Crippen LogP contribution in [0.4, 0.5) is 0 Å². The molecule has 1 fully saturated rings. The van der Waals surface area contributed by atoms with Crippen LogP contribution in [0.25, 0.3) is 0 Å². The van der Waals surface area contributed by atoms with Gasteiger partial charge < -0.3 is 5.32 Å². The van der Waals surface area contributed by atoms with E-state index in [0.717, 1.165) is 12.3 Å². The van der Waals surface area contributed by atoms with E-state index in [0.29, 0.717) is 6.04 Å². The molecular weight excluding hydrogens is 182 g/mol. The van der Waals surface area contributed by atoms with Gasteiger partial charge in [0.1, 0.15) is 0 Å². The summed E-state index contributed by atoms with van der Waals surface area (Å²) in [5.41, 5.74) is 2.89. The quantitative estimate of drug-likeness (QED) is 0.777. The summed E-state index contributed by atoms with van der Waals surface area (Å²) in [6.07, 6.45) is 3.81. The molecule has 2 unspecified atom stereocenters. The molecule has 15 heavy (non-hydrogen) atoms. The Morgan fingerprint density at radius 3 is 2.60 bits per heavy atom. The first-order chi connectivity index (χ1) is 7.31. The second-order valence-corrected chi connectivity index (χ2v) is 4.65. The van der Waals surface area contributed by atoms with Gasteiger partial charge in [-0.2, -0.15) is 0 Å². The number of benzene rings is 1. The number of aryl methyl sites for hydroxylation is 1. The predicted molar refractivity (Wildman–Crippen MR) is 65.0 cm³/mol. The van der Waals surface area contributed by atoms with E-state index in [1.54, 1.807) is 0 Å². The number of piperidine rings is 1. The highest BCUT2D eigenvalue weighted by atomic mass is 14.9. The normalized spacial score (nSPS) is 26.5. The van der Waals surface area contributed by atoms with Crippen LogP contribution in [0.5, 0.6) is 0 Å². The summed E-state index contributed by atoms with van der Waals surface area (Å²) in [7, 11) is 0. The lowest BCUT2D eigenvalue weighted by atomic mass is 9.87. The third kappa shape index (κ3) is 2.40. The monoisotopic (exact) mass is 203 g/mol. The zero-order chi connectivity index (χ0) is 10.7. The van der Waals surface area contributed by atoms with Gasteiger partial charge in [-0.15, -0.1) is 0 Å². The molecule has 1 aliphatic heterocycles. The Morgan fingerprint density at radius 2 is 2.00 bits per heavy atom. The van der Waals surface area contributed by atoms with Crippen LogP contribution in [0.3, 0.4) is 0 Å². The van der Waals surface area contributed by atoms with Gasteiger partial charge in [0.25, 0.3) is 0 Å². The molecule has 0 amide bonds. The minimum absolute atomic E-state index is 0.574. The second kappa shape index (κ2) is 4.80. The van der Waals surface area contributed by atoms with Crippen LogP contribution in [-0.4, -0.2) is 6.54 Å². The summed E-state index contributed by atoms with van der Waals surface area (Å²) < 4.78 is 0. The average molecular weight is 203 g/mol. The van der Waals surface area contributed by atoms with Crippen LogP contribution in [0.1, 0.15) is 43.9 Å². The minimum atomic E-state index is 0.574. The summed E-state index contributed by atoms with van der Waals surface area (Å²) in [4.78, 5) is 0. The number of rotatable bonds is 2. The van der Waals surface area contributed by atoms with Crippen LogP contribution in [0, 0.1) is 5.92 Å². The summed E-state index contributed by atoms with van der Waals surface area (Å²) in [5, 5.41) is 3.62. The fourth-order valence-corrected chi connectivity index (χ4v) is 2.46. The largest absolute Gasteiger partial charge is 0.310 e. The lowest BCUT2D eigenvalue weighted by Crippen LogP contribution is -2.32. The van der Waals surface area contributed by atoms with Gasteiger partial charge in [-0.1, -0.05) is 38.1 Å². The lowest BCUT2D eigenvalue weighted by Gasteiger charge is -2.30. The van der Waals surface area contributed by atoms with Crippen LogP contribution in [0.15, 0.2) is 24.3 Å². The Labute approximate surface area is 92.9 Å². The van der Waals surface area contributed by atoms with Crippen molar-refractivity contribution in [1.82, 2.24) is 5.32 Å². The summed E-state index contributed by atoms with van der Waals surface area (Å²) in [6.45, 7) is 5.73. The first-order valence-corrected chi connectivity index (χ1v) is 6.13. The van der Waals surface area contributed by atoms with E-state index in [2.05, 4.69) is 43.4 Å². The molecule has 0 aromatic heterocycles. The van der Waals surface area contributed by atoms with Crippen molar-refractivity contribution >= 4 is 0 Å².